The lowest BCUT2D eigenvalue weighted by Crippen LogP contribution is -2.51. The number of benzene rings is 1. The fourth-order valence-electron chi connectivity index (χ4n) is 3.72. The number of sulfonamides is 1. The molecule has 2 fully saturated rings. The van der Waals surface area contributed by atoms with E-state index in [1.807, 2.05) is 11.0 Å². The van der Waals surface area contributed by atoms with Crippen LogP contribution in [-0.4, -0.2) is 44.6 Å². The summed E-state index contributed by atoms with van der Waals surface area (Å²) in [6.45, 7) is 1.34. The third-order valence-corrected chi connectivity index (χ3v) is 5.47. The molecule has 0 bridgehead atoms. The van der Waals surface area contributed by atoms with Gasteiger partial charge in [-0.1, -0.05) is 6.07 Å². The van der Waals surface area contributed by atoms with E-state index >= 15 is 0 Å². The second kappa shape index (κ2) is 5.62. The molecule has 0 aromatic heterocycles. The molecule has 0 atom stereocenters. The van der Waals surface area contributed by atoms with Crippen LogP contribution in [0.25, 0.3) is 0 Å². The van der Waals surface area contributed by atoms with Gasteiger partial charge >= 0.3 is 0 Å². The number of nitriles is 1. The molecule has 2 aliphatic rings. The van der Waals surface area contributed by atoms with E-state index in [9.17, 15) is 13.2 Å². The van der Waals surface area contributed by atoms with Crippen LogP contribution in [0.2, 0.25) is 0 Å². The first-order valence-corrected chi connectivity index (χ1v) is 9.46. The molecule has 1 heterocycles. The smallest absolute Gasteiger partial charge is 0.253 e. The Bertz CT molecular complexity index is 776. The van der Waals surface area contributed by atoms with E-state index in [2.05, 4.69) is 4.72 Å². The molecule has 1 spiro atoms. The second-order valence-electron chi connectivity index (χ2n) is 6.66. The van der Waals surface area contributed by atoms with Gasteiger partial charge in [0.2, 0.25) is 10.0 Å². The molecular weight excluding hydrogens is 314 g/mol. The van der Waals surface area contributed by atoms with Crippen molar-refractivity contribution in [1.82, 2.24) is 9.62 Å². The zero-order valence-corrected chi connectivity index (χ0v) is 13.8. The first kappa shape index (κ1) is 16.0. The van der Waals surface area contributed by atoms with Gasteiger partial charge in [0.25, 0.3) is 5.91 Å². The molecule has 1 aromatic rings. The molecule has 1 saturated heterocycles. The molecule has 0 radical (unpaired) electrons. The Hall–Kier alpha value is -1.91. The van der Waals surface area contributed by atoms with Gasteiger partial charge < -0.3 is 4.90 Å². The van der Waals surface area contributed by atoms with Crippen LogP contribution >= 0.6 is 0 Å². The van der Waals surface area contributed by atoms with Crippen molar-refractivity contribution in [2.75, 3.05) is 19.3 Å². The molecule has 1 amide bonds. The highest BCUT2D eigenvalue weighted by molar-refractivity contribution is 7.88. The topological polar surface area (TPSA) is 90.3 Å². The van der Waals surface area contributed by atoms with E-state index in [-0.39, 0.29) is 17.4 Å². The Morgan fingerprint density at radius 1 is 1.43 bits per heavy atom. The first-order chi connectivity index (χ1) is 10.8. The second-order valence-corrected chi connectivity index (χ2v) is 8.44. The molecule has 1 N–H and O–H groups in total. The van der Waals surface area contributed by atoms with Gasteiger partial charge in [0.1, 0.15) is 0 Å². The monoisotopic (exact) mass is 333 g/mol. The number of hydrogen-bond acceptors (Lipinski definition) is 4. The minimum Gasteiger partial charge on any atom is -0.338 e. The van der Waals surface area contributed by atoms with E-state index in [4.69, 9.17) is 5.26 Å². The van der Waals surface area contributed by atoms with Crippen LogP contribution in [0.1, 0.15) is 35.2 Å². The zero-order valence-electron chi connectivity index (χ0n) is 12.9. The lowest BCUT2D eigenvalue weighted by Gasteiger charge is -2.45. The van der Waals surface area contributed by atoms with Gasteiger partial charge in [0.15, 0.2) is 0 Å². The Balaban J connectivity index is 1.62. The van der Waals surface area contributed by atoms with Crippen molar-refractivity contribution in [3.05, 3.63) is 35.4 Å². The third kappa shape index (κ3) is 3.38. The fraction of sp³-hybridized carbons (Fsp3) is 0.500. The van der Waals surface area contributed by atoms with Crippen molar-refractivity contribution in [3.8, 4) is 6.07 Å². The van der Waals surface area contributed by atoms with Gasteiger partial charge in [0.05, 0.1) is 17.9 Å². The minimum atomic E-state index is -3.17. The molecule has 1 aliphatic heterocycles. The first-order valence-electron chi connectivity index (χ1n) is 7.57. The van der Waals surface area contributed by atoms with Crippen LogP contribution in [0, 0.1) is 16.7 Å². The molecule has 3 rings (SSSR count). The number of hydrogen-bond donors (Lipinski definition) is 1. The summed E-state index contributed by atoms with van der Waals surface area (Å²) in [4.78, 5) is 14.4. The van der Waals surface area contributed by atoms with Crippen molar-refractivity contribution in [3.63, 3.8) is 0 Å². The number of likely N-dealkylation sites (tertiary alicyclic amines) is 1. The molecule has 0 unspecified atom stereocenters. The summed E-state index contributed by atoms with van der Waals surface area (Å²) < 4.78 is 25.1. The van der Waals surface area contributed by atoms with E-state index in [0.717, 1.165) is 19.3 Å². The van der Waals surface area contributed by atoms with Crippen LogP contribution in [0.4, 0.5) is 0 Å². The lowest BCUT2D eigenvalue weighted by molar-refractivity contribution is 0.0688. The number of amides is 1. The van der Waals surface area contributed by atoms with Crippen LogP contribution in [0.3, 0.4) is 0 Å². The molecule has 23 heavy (non-hydrogen) atoms. The molecular formula is C16H19N3O3S. The van der Waals surface area contributed by atoms with E-state index < -0.39 is 10.0 Å². The normalized spacial score (nSPS) is 26.8. The van der Waals surface area contributed by atoms with Crippen LogP contribution < -0.4 is 4.72 Å². The molecule has 1 saturated carbocycles. The Morgan fingerprint density at radius 3 is 2.83 bits per heavy atom. The highest BCUT2D eigenvalue weighted by Crippen LogP contribution is 2.48. The SMILES string of the molecule is CS(=O)(=O)NC1CC2(CCN(C(=O)c3cccc(C#N)c3)C2)C1. The van der Waals surface area contributed by atoms with Crippen LogP contribution in [0.15, 0.2) is 24.3 Å². The van der Waals surface area contributed by atoms with Crippen molar-refractivity contribution >= 4 is 15.9 Å². The van der Waals surface area contributed by atoms with Crippen LogP contribution in [0.5, 0.6) is 0 Å². The summed E-state index contributed by atoms with van der Waals surface area (Å²) in [7, 11) is -3.17. The minimum absolute atomic E-state index is 0.0121. The van der Waals surface area contributed by atoms with Gasteiger partial charge in [-0.25, -0.2) is 13.1 Å². The van der Waals surface area contributed by atoms with Gasteiger partial charge in [-0.05, 0) is 42.9 Å². The molecule has 122 valence electrons. The lowest BCUT2D eigenvalue weighted by atomic mass is 9.65. The largest absolute Gasteiger partial charge is 0.338 e. The Morgan fingerprint density at radius 2 is 2.17 bits per heavy atom. The quantitative estimate of drug-likeness (QED) is 0.897. The summed E-state index contributed by atoms with van der Waals surface area (Å²) in [5.41, 5.74) is 1.06. The predicted molar refractivity (Wildman–Crippen MR) is 85.1 cm³/mol. The van der Waals surface area contributed by atoms with E-state index in [1.165, 1.54) is 6.26 Å². The summed E-state index contributed by atoms with van der Waals surface area (Å²) >= 11 is 0. The maximum atomic E-state index is 12.6. The molecule has 6 nitrogen and oxygen atoms in total. The zero-order chi connectivity index (χ0) is 16.7. The number of carbonyl (C=O) groups is 1. The van der Waals surface area contributed by atoms with Crippen molar-refractivity contribution in [2.45, 2.75) is 25.3 Å². The number of nitrogens with one attached hydrogen (secondary N) is 1. The molecule has 1 aromatic carbocycles. The van der Waals surface area contributed by atoms with Gasteiger partial charge in [0, 0.05) is 24.7 Å². The summed E-state index contributed by atoms with van der Waals surface area (Å²) in [6.07, 6.45) is 3.63. The fourth-order valence-corrected chi connectivity index (χ4v) is 4.49. The van der Waals surface area contributed by atoms with E-state index in [1.54, 1.807) is 24.3 Å². The summed E-state index contributed by atoms with van der Waals surface area (Å²) in [5.74, 6) is -0.0569. The average molecular weight is 333 g/mol. The van der Waals surface area contributed by atoms with Gasteiger partial charge in [-0.2, -0.15) is 5.26 Å². The number of carbonyl (C=O) groups excluding carboxylic acids is 1. The average Bonchev–Trinajstić information content (AvgIpc) is 2.90. The van der Waals surface area contributed by atoms with Crippen molar-refractivity contribution < 1.29 is 13.2 Å². The maximum Gasteiger partial charge on any atom is 0.253 e. The number of nitrogens with zero attached hydrogens (tertiary/aromatic N) is 2. The Kier molecular flexibility index (Phi) is 3.90. The Labute approximate surface area is 136 Å². The summed E-state index contributed by atoms with van der Waals surface area (Å²) in [6, 6.07) is 8.76. The van der Waals surface area contributed by atoms with Crippen LogP contribution in [-0.2, 0) is 10.0 Å². The third-order valence-electron chi connectivity index (χ3n) is 4.70. The summed E-state index contributed by atoms with van der Waals surface area (Å²) in [5, 5.41) is 8.93. The maximum absolute atomic E-state index is 12.6. The molecule has 7 heteroatoms. The van der Waals surface area contributed by atoms with Crippen molar-refractivity contribution in [2.24, 2.45) is 5.41 Å². The van der Waals surface area contributed by atoms with Crippen molar-refractivity contribution in [1.29, 1.82) is 5.26 Å². The van der Waals surface area contributed by atoms with Gasteiger partial charge in [-0.3, -0.25) is 4.79 Å². The highest BCUT2D eigenvalue weighted by Gasteiger charge is 2.50. The van der Waals surface area contributed by atoms with E-state index in [0.29, 0.717) is 24.2 Å². The number of rotatable bonds is 3. The molecule has 1 aliphatic carbocycles. The predicted octanol–water partition coefficient (Wildman–Crippen LogP) is 1.10. The standard InChI is InChI=1S/C16H19N3O3S/c1-23(21,22)18-14-8-16(9-14)5-6-19(11-16)15(20)13-4-2-3-12(7-13)10-17/h2-4,7,14,18H,5-6,8-9,11H2,1H3. The van der Waals surface area contributed by atoms with Gasteiger partial charge in [-0.15, -0.1) is 0 Å². The highest BCUT2D eigenvalue weighted by atomic mass is 32.2.